The van der Waals surface area contributed by atoms with Crippen molar-refractivity contribution in [2.45, 2.75) is 38.6 Å². The highest BCUT2D eigenvalue weighted by Crippen LogP contribution is 2.33. The van der Waals surface area contributed by atoms with Gasteiger partial charge in [-0.2, -0.15) is 0 Å². The van der Waals surface area contributed by atoms with Crippen LogP contribution in [-0.2, 0) is 22.4 Å². The molecule has 1 aromatic heterocycles. The Bertz CT molecular complexity index is 891. The van der Waals surface area contributed by atoms with E-state index in [1.54, 1.807) is 11.3 Å². The first-order valence-corrected chi connectivity index (χ1v) is 10.4. The predicted molar refractivity (Wildman–Crippen MR) is 105 cm³/mol. The number of ether oxygens (including phenoxy) is 3. The largest absolute Gasteiger partial charge is 0.486 e. The van der Waals surface area contributed by atoms with Gasteiger partial charge in [0.2, 0.25) is 0 Å². The second kappa shape index (κ2) is 8.22. The average Bonchev–Trinajstić information content (AvgIpc) is 3.16. The molecule has 1 aliphatic heterocycles. The van der Waals surface area contributed by atoms with Crippen LogP contribution < -0.4 is 14.8 Å². The number of hydrogen-bond donors (Lipinski definition) is 1. The molecule has 7 heteroatoms. The first kappa shape index (κ1) is 18.8. The molecule has 2 aromatic rings. The van der Waals surface area contributed by atoms with E-state index in [1.807, 2.05) is 30.5 Å². The van der Waals surface area contributed by atoms with Crippen molar-refractivity contribution >= 4 is 23.2 Å². The quantitative estimate of drug-likeness (QED) is 0.777. The maximum absolute atomic E-state index is 12.4. The van der Waals surface area contributed by atoms with E-state index in [2.05, 4.69) is 5.32 Å². The fourth-order valence-electron chi connectivity index (χ4n) is 3.57. The van der Waals surface area contributed by atoms with Crippen LogP contribution >= 0.6 is 11.3 Å². The third-order valence-electron chi connectivity index (χ3n) is 5.06. The van der Waals surface area contributed by atoms with Gasteiger partial charge in [0, 0.05) is 10.3 Å². The number of aryl methyl sites for hydroxylation is 1. The number of fused-ring (bicyclic) bond motifs is 2. The van der Waals surface area contributed by atoms with E-state index in [9.17, 15) is 9.59 Å². The molecule has 1 amide bonds. The zero-order chi connectivity index (χ0) is 19.5. The van der Waals surface area contributed by atoms with Gasteiger partial charge in [-0.05, 0) is 55.9 Å². The highest BCUT2D eigenvalue weighted by Gasteiger charge is 2.22. The van der Waals surface area contributed by atoms with Crippen molar-refractivity contribution in [3.05, 3.63) is 45.1 Å². The zero-order valence-corrected chi connectivity index (χ0v) is 16.6. The van der Waals surface area contributed by atoms with Crippen molar-refractivity contribution in [1.82, 2.24) is 5.32 Å². The molecular weight excluding hydrogens is 378 g/mol. The third kappa shape index (κ3) is 3.99. The minimum Gasteiger partial charge on any atom is -0.486 e. The van der Waals surface area contributed by atoms with Crippen molar-refractivity contribution in [2.24, 2.45) is 0 Å². The van der Waals surface area contributed by atoms with Crippen molar-refractivity contribution in [3.8, 4) is 11.5 Å². The molecule has 0 bridgehead atoms. The molecule has 1 aromatic carbocycles. The lowest BCUT2D eigenvalue weighted by molar-refractivity contribution is -0.124. The Kier molecular flexibility index (Phi) is 5.52. The van der Waals surface area contributed by atoms with Crippen molar-refractivity contribution < 1.29 is 23.8 Å². The Morgan fingerprint density at radius 3 is 2.82 bits per heavy atom. The van der Waals surface area contributed by atoms with Crippen molar-refractivity contribution in [2.75, 3.05) is 19.8 Å². The van der Waals surface area contributed by atoms with E-state index in [0.717, 1.165) is 30.4 Å². The van der Waals surface area contributed by atoms with Crippen LogP contribution in [0, 0.1) is 0 Å². The first-order chi connectivity index (χ1) is 13.6. The van der Waals surface area contributed by atoms with Gasteiger partial charge in [-0.1, -0.05) is 6.07 Å². The molecule has 0 saturated carbocycles. The van der Waals surface area contributed by atoms with E-state index in [-0.39, 0.29) is 18.6 Å². The normalized spacial score (nSPS) is 16.0. The molecule has 1 atom stereocenters. The zero-order valence-electron chi connectivity index (χ0n) is 15.8. The standard InChI is InChI=1S/C21H23NO5S/c1-13(14-6-7-17-18(10-14)26-9-8-25-17)22-20(23)11-27-21(24)16-12-28-19-5-3-2-4-15(16)19/h6-7,10,12-13H,2-5,8-9,11H2,1H3,(H,22,23)/t13-/m1/s1. The summed E-state index contributed by atoms with van der Waals surface area (Å²) in [7, 11) is 0. The number of thiophene rings is 1. The van der Waals surface area contributed by atoms with Crippen LogP contribution in [0.25, 0.3) is 0 Å². The number of benzene rings is 1. The van der Waals surface area contributed by atoms with Gasteiger partial charge in [0.15, 0.2) is 18.1 Å². The van der Waals surface area contributed by atoms with Crippen molar-refractivity contribution in [1.29, 1.82) is 0 Å². The van der Waals surface area contributed by atoms with Crippen LogP contribution in [0.3, 0.4) is 0 Å². The van der Waals surface area contributed by atoms with Gasteiger partial charge in [0.25, 0.3) is 5.91 Å². The van der Waals surface area contributed by atoms with Crippen LogP contribution in [0.4, 0.5) is 0 Å². The smallest absolute Gasteiger partial charge is 0.339 e. The molecule has 6 nitrogen and oxygen atoms in total. The Balaban J connectivity index is 1.32. The van der Waals surface area contributed by atoms with Gasteiger partial charge in [-0.25, -0.2) is 4.79 Å². The summed E-state index contributed by atoms with van der Waals surface area (Å²) in [6.45, 7) is 2.63. The fourth-order valence-corrected chi connectivity index (χ4v) is 4.68. The number of amides is 1. The molecule has 1 aliphatic carbocycles. The second-order valence-electron chi connectivity index (χ2n) is 7.03. The summed E-state index contributed by atoms with van der Waals surface area (Å²) in [5.74, 6) is 0.640. The van der Waals surface area contributed by atoms with Crippen LogP contribution in [-0.4, -0.2) is 31.7 Å². The molecule has 0 saturated heterocycles. The second-order valence-corrected chi connectivity index (χ2v) is 7.99. The van der Waals surface area contributed by atoms with Gasteiger partial charge >= 0.3 is 5.97 Å². The average molecular weight is 401 g/mol. The predicted octanol–water partition coefficient (Wildman–Crippen LogP) is 3.43. The molecule has 2 heterocycles. The van der Waals surface area contributed by atoms with Gasteiger partial charge in [0.05, 0.1) is 11.6 Å². The summed E-state index contributed by atoms with van der Waals surface area (Å²) in [5, 5.41) is 4.71. The summed E-state index contributed by atoms with van der Waals surface area (Å²) >= 11 is 1.61. The number of esters is 1. The Morgan fingerprint density at radius 2 is 1.96 bits per heavy atom. The number of carbonyl (C=O) groups excluding carboxylic acids is 2. The number of hydrogen-bond acceptors (Lipinski definition) is 6. The molecule has 0 unspecified atom stereocenters. The van der Waals surface area contributed by atoms with Gasteiger partial charge in [0.1, 0.15) is 13.2 Å². The number of carbonyl (C=O) groups is 2. The molecule has 4 rings (SSSR count). The molecule has 2 aliphatic rings. The van der Waals surface area contributed by atoms with E-state index in [1.165, 1.54) is 11.3 Å². The van der Waals surface area contributed by atoms with E-state index < -0.39 is 5.97 Å². The maximum Gasteiger partial charge on any atom is 0.339 e. The Morgan fingerprint density at radius 1 is 1.18 bits per heavy atom. The molecule has 0 radical (unpaired) electrons. The Labute approximate surface area is 167 Å². The summed E-state index contributed by atoms with van der Waals surface area (Å²) < 4.78 is 16.3. The van der Waals surface area contributed by atoms with Crippen LogP contribution in [0.15, 0.2) is 23.6 Å². The van der Waals surface area contributed by atoms with Gasteiger partial charge < -0.3 is 19.5 Å². The maximum atomic E-state index is 12.4. The summed E-state index contributed by atoms with van der Waals surface area (Å²) in [4.78, 5) is 25.9. The van der Waals surface area contributed by atoms with Crippen LogP contribution in [0.1, 0.15) is 52.2 Å². The summed E-state index contributed by atoms with van der Waals surface area (Å²) in [6, 6.07) is 5.35. The molecule has 148 valence electrons. The lowest BCUT2D eigenvalue weighted by atomic mass is 9.96. The highest BCUT2D eigenvalue weighted by molar-refractivity contribution is 7.10. The molecule has 28 heavy (non-hydrogen) atoms. The molecule has 1 N–H and O–H groups in total. The van der Waals surface area contributed by atoms with Gasteiger partial charge in [-0.15, -0.1) is 11.3 Å². The summed E-state index contributed by atoms with van der Waals surface area (Å²) in [6.07, 6.45) is 4.21. The van der Waals surface area contributed by atoms with Crippen molar-refractivity contribution in [3.63, 3.8) is 0 Å². The number of rotatable bonds is 5. The third-order valence-corrected chi connectivity index (χ3v) is 6.15. The minimum absolute atomic E-state index is 0.240. The lowest BCUT2D eigenvalue weighted by Crippen LogP contribution is -2.31. The monoisotopic (exact) mass is 401 g/mol. The topological polar surface area (TPSA) is 73.9 Å². The molecule has 0 spiro atoms. The van der Waals surface area contributed by atoms with Gasteiger partial charge in [-0.3, -0.25) is 4.79 Å². The SMILES string of the molecule is C[C@@H](NC(=O)COC(=O)c1csc2c1CCCC2)c1ccc2c(c1)OCCO2. The first-order valence-electron chi connectivity index (χ1n) is 9.57. The number of nitrogens with one attached hydrogen (secondary N) is 1. The Hall–Kier alpha value is -2.54. The van der Waals surface area contributed by atoms with Crippen LogP contribution in [0.5, 0.6) is 11.5 Å². The lowest BCUT2D eigenvalue weighted by Gasteiger charge is -2.21. The molecular formula is C21H23NO5S. The highest BCUT2D eigenvalue weighted by atomic mass is 32.1. The minimum atomic E-state index is -0.415. The summed E-state index contributed by atoms with van der Waals surface area (Å²) in [5.41, 5.74) is 2.62. The fraction of sp³-hybridized carbons (Fsp3) is 0.429. The molecule has 0 fully saturated rings. The van der Waals surface area contributed by atoms with Crippen LogP contribution in [0.2, 0.25) is 0 Å². The van der Waals surface area contributed by atoms with E-state index >= 15 is 0 Å². The van der Waals surface area contributed by atoms with E-state index in [4.69, 9.17) is 14.2 Å². The van der Waals surface area contributed by atoms with E-state index in [0.29, 0.717) is 30.3 Å².